The average molecular weight is 293 g/mol. The van der Waals surface area contributed by atoms with Gasteiger partial charge in [0, 0.05) is 11.6 Å². The smallest absolute Gasteiger partial charge is 0.295 e. The van der Waals surface area contributed by atoms with Gasteiger partial charge >= 0.3 is 0 Å². The van der Waals surface area contributed by atoms with Gasteiger partial charge in [-0.05, 0) is 52.4 Å². The fourth-order valence-electron chi connectivity index (χ4n) is 2.52. The van der Waals surface area contributed by atoms with Crippen molar-refractivity contribution < 1.29 is 4.92 Å². The van der Waals surface area contributed by atoms with Crippen LogP contribution in [0.2, 0.25) is 0 Å². The number of aryl methyl sites for hydroxylation is 1. The summed E-state index contributed by atoms with van der Waals surface area (Å²) >= 11 is 0. The number of nitro benzene ring substituents is 1. The average Bonchev–Trinajstić information content (AvgIpc) is 2.43. The van der Waals surface area contributed by atoms with E-state index >= 15 is 0 Å². The van der Waals surface area contributed by atoms with E-state index < -0.39 is 0 Å². The minimum Gasteiger partial charge on any atom is -0.377 e. The maximum absolute atomic E-state index is 11.2. The van der Waals surface area contributed by atoms with Crippen molar-refractivity contribution in [2.75, 3.05) is 25.0 Å². The van der Waals surface area contributed by atoms with Gasteiger partial charge in [-0.1, -0.05) is 26.0 Å². The number of hydrogen-bond acceptors (Lipinski definition) is 4. The van der Waals surface area contributed by atoms with Crippen molar-refractivity contribution in [3.05, 3.63) is 33.9 Å². The lowest BCUT2D eigenvalue weighted by atomic mass is 10.1. The molecule has 5 nitrogen and oxygen atoms in total. The first-order valence-electron chi connectivity index (χ1n) is 7.72. The van der Waals surface area contributed by atoms with Crippen LogP contribution in [0.15, 0.2) is 18.2 Å². The third-order valence-electron chi connectivity index (χ3n) is 3.83. The molecule has 0 aliphatic rings. The molecule has 0 aliphatic carbocycles. The number of nitrogens with zero attached hydrogens (tertiary/aromatic N) is 2. The van der Waals surface area contributed by atoms with Crippen molar-refractivity contribution in [3.8, 4) is 0 Å². The fourth-order valence-corrected chi connectivity index (χ4v) is 2.52. The number of hydrogen-bond donors (Lipinski definition) is 1. The lowest BCUT2D eigenvalue weighted by Crippen LogP contribution is -2.25. The largest absolute Gasteiger partial charge is 0.377 e. The van der Waals surface area contributed by atoms with E-state index in [9.17, 15) is 10.1 Å². The summed E-state index contributed by atoms with van der Waals surface area (Å²) in [4.78, 5) is 13.2. The molecular weight excluding hydrogens is 266 g/mol. The van der Waals surface area contributed by atoms with Crippen LogP contribution in [0.3, 0.4) is 0 Å². The number of nitrogens with one attached hydrogen (secondary N) is 1. The van der Waals surface area contributed by atoms with Gasteiger partial charge in [0.05, 0.1) is 4.92 Å². The number of para-hydroxylation sites is 1. The molecule has 0 aliphatic heterocycles. The fraction of sp³-hybridized carbons (Fsp3) is 0.625. The highest BCUT2D eigenvalue weighted by Crippen LogP contribution is 2.28. The van der Waals surface area contributed by atoms with E-state index in [0.29, 0.717) is 11.3 Å². The lowest BCUT2D eigenvalue weighted by Gasteiger charge is -2.20. The zero-order valence-electron chi connectivity index (χ0n) is 13.6. The Balaban J connectivity index is 2.57. The van der Waals surface area contributed by atoms with Gasteiger partial charge in [0.2, 0.25) is 0 Å². The van der Waals surface area contributed by atoms with Crippen molar-refractivity contribution >= 4 is 11.4 Å². The summed E-state index contributed by atoms with van der Waals surface area (Å²) in [6, 6.07) is 5.63. The van der Waals surface area contributed by atoms with Gasteiger partial charge < -0.3 is 10.2 Å². The highest BCUT2D eigenvalue weighted by molar-refractivity contribution is 5.65. The van der Waals surface area contributed by atoms with Gasteiger partial charge in [-0.25, -0.2) is 0 Å². The number of anilines is 1. The molecule has 1 N–H and O–H groups in total. The van der Waals surface area contributed by atoms with Crippen molar-refractivity contribution in [2.24, 2.45) is 0 Å². The summed E-state index contributed by atoms with van der Waals surface area (Å²) in [5.74, 6) is 0. The number of rotatable bonds is 9. The highest BCUT2D eigenvalue weighted by Gasteiger charge is 2.17. The minimum absolute atomic E-state index is 0.188. The second-order valence-corrected chi connectivity index (χ2v) is 5.44. The zero-order valence-corrected chi connectivity index (χ0v) is 13.6. The van der Waals surface area contributed by atoms with Crippen LogP contribution in [0.1, 0.15) is 39.2 Å². The molecule has 118 valence electrons. The van der Waals surface area contributed by atoms with E-state index in [1.807, 2.05) is 6.07 Å². The van der Waals surface area contributed by atoms with Crippen molar-refractivity contribution in [3.63, 3.8) is 0 Å². The molecule has 5 heteroatoms. The molecule has 1 unspecified atom stereocenters. The van der Waals surface area contributed by atoms with Crippen molar-refractivity contribution in [1.29, 1.82) is 0 Å². The maximum atomic E-state index is 11.2. The van der Waals surface area contributed by atoms with Gasteiger partial charge in [0.1, 0.15) is 5.69 Å². The third kappa shape index (κ3) is 5.34. The van der Waals surface area contributed by atoms with E-state index in [4.69, 9.17) is 0 Å². The molecule has 21 heavy (non-hydrogen) atoms. The standard InChI is InChI=1S/C16H27N3O2/c1-5-18(6-2)12-8-10-14(4)17-15-11-7-9-13(3)16(15)19(20)21/h7,9,11,14,17H,5-6,8,10,12H2,1-4H3. The molecule has 0 bridgehead atoms. The van der Waals surface area contributed by atoms with Gasteiger partial charge in [0.15, 0.2) is 0 Å². The lowest BCUT2D eigenvalue weighted by molar-refractivity contribution is -0.384. The molecule has 0 heterocycles. The monoisotopic (exact) mass is 293 g/mol. The molecular formula is C16H27N3O2. The molecule has 0 radical (unpaired) electrons. The van der Waals surface area contributed by atoms with E-state index in [1.54, 1.807) is 19.1 Å². The molecule has 0 saturated carbocycles. The molecule has 0 fully saturated rings. The minimum atomic E-state index is -0.305. The molecule has 1 rings (SSSR count). The van der Waals surface area contributed by atoms with Crippen LogP contribution in [0, 0.1) is 17.0 Å². The SMILES string of the molecule is CCN(CC)CCCC(C)Nc1cccc(C)c1[N+](=O)[O-]. The Hall–Kier alpha value is -1.62. The topological polar surface area (TPSA) is 58.4 Å². The van der Waals surface area contributed by atoms with Crippen LogP contribution in [-0.2, 0) is 0 Å². The van der Waals surface area contributed by atoms with Crippen LogP contribution in [0.4, 0.5) is 11.4 Å². The van der Waals surface area contributed by atoms with Crippen LogP contribution in [0.5, 0.6) is 0 Å². The van der Waals surface area contributed by atoms with Crippen LogP contribution < -0.4 is 5.32 Å². The van der Waals surface area contributed by atoms with Crippen molar-refractivity contribution in [2.45, 2.75) is 46.6 Å². The molecule has 1 aromatic carbocycles. The molecule has 0 saturated heterocycles. The van der Waals surface area contributed by atoms with Crippen LogP contribution in [-0.4, -0.2) is 35.5 Å². The molecule has 0 aromatic heterocycles. The van der Waals surface area contributed by atoms with Crippen LogP contribution in [0.25, 0.3) is 0 Å². The first kappa shape index (κ1) is 17.4. The van der Waals surface area contributed by atoms with Crippen molar-refractivity contribution in [1.82, 2.24) is 4.90 Å². The number of benzene rings is 1. The predicted molar refractivity (Wildman–Crippen MR) is 87.9 cm³/mol. The number of nitro groups is 1. The third-order valence-corrected chi connectivity index (χ3v) is 3.83. The molecule has 0 amide bonds. The Morgan fingerprint density at radius 3 is 2.57 bits per heavy atom. The quantitative estimate of drug-likeness (QED) is 0.555. The summed E-state index contributed by atoms with van der Waals surface area (Å²) in [5.41, 5.74) is 1.50. The Morgan fingerprint density at radius 2 is 2.00 bits per heavy atom. The van der Waals surface area contributed by atoms with E-state index in [-0.39, 0.29) is 16.7 Å². The summed E-state index contributed by atoms with van der Waals surface area (Å²) in [6.07, 6.45) is 2.09. The van der Waals surface area contributed by atoms with Gasteiger partial charge in [-0.2, -0.15) is 0 Å². The first-order valence-corrected chi connectivity index (χ1v) is 7.72. The highest BCUT2D eigenvalue weighted by atomic mass is 16.6. The Morgan fingerprint density at radius 1 is 1.33 bits per heavy atom. The first-order chi connectivity index (χ1) is 9.99. The molecule has 1 aromatic rings. The maximum Gasteiger partial charge on any atom is 0.295 e. The molecule has 1 atom stereocenters. The van der Waals surface area contributed by atoms with E-state index in [2.05, 4.69) is 31.0 Å². The summed E-state index contributed by atoms with van der Waals surface area (Å²) in [6.45, 7) is 11.4. The summed E-state index contributed by atoms with van der Waals surface area (Å²) in [5, 5.41) is 14.4. The molecule has 0 spiro atoms. The van der Waals surface area contributed by atoms with Gasteiger partial charge in [-0.15, -0.1) is 0 Å². The van der Waals surface area contributed by atoms with Crippen LogP contribution >= 0.6 is 0 Å². The predicted octanol–water partition coefficient (Wildman–Crippen LogP) is 3.83. The van der Waals surface area contributed by atoms with E-state index in [0.717, 1.165) is 32.5 Å². The Labute approximate surface area is 127 Å². The van der Waals surface area contributed by atoms with E-state index in [1.165, 1.54) is 0 Å². The second-order valence-electron chi connectivity index (χ2n) is 5.44. The Bertz CT molecular complexity index is 459. The second kappa shape index (κ2) is 8.62. The zero-order chi connectivity index (χ0) is 15.8. The normalized spacial score (nSPS) is 12.4. The summed E-state index contributed by atoms with van der Waals surface area (Å²) < 4.78 is 0. The van der Waals surface area contributed by atoms with Gasteiger partial charge in [0.25, 0.3) is 5.69 Å². The van der Waals surface area contributed by atoms with Gasteiger partial charge in [-0.3, -0.25) is 10.1 Å². The Kier molecular flexibility index (Phi) is 7.15. The summed E-state index contributed by atoms with van der Waals surface area (Å²) in [7, 11) is 0.